The van der Waals surface area contributed by atoms with Crippen LogP contribution < -0.4 is 11.1 Å². The number of hydrogen-bond donors (Lipinski definition) is 4. The second-order valence-electron chi connectivity index (χ2n) is 6.65. The molecule has 2 fully saturated rings. The average Bonchev–Trinajstić information content (AvgIpc) is 2.80. The van der Waals surface area contributed by atoms with Gasteiger partial charge in [0.2, 0.25) is 11.8 Å². The summed E-state index contributed by atoms with van der Waals surface area (Å²) in [5, 5.41) is 20.9. The summed E-state index contributed by atoms with van der Waals surface area (Å²) in [5.41, 5.74) is 6.41. The lowest BCUT2D eigenvalue weighted by Gasteiger charge is -2.43. The fourth-order valence-corrected chi connectivity index (χ4v) is 4.85. The van der Waals surface area contributed by atoms with E-state index < -0.39 is 46.0 Å². The molecule has 134 valence electrons. The van der Waals surface area contributed by atoms with Gasteiger partial charge in [-0.25, -0.2) is 4.79 Å². The minimum absolute atomic E-state index is 0.0606. The standard InChI is InChI=1S/C16H19N3O5S/c1-16(2)11(15(23)24)19-13(22)10(14(19)25-16)18-12(21)9(17)7-3-5-8(20)6-4-7/h3-6,9-11,14,20H,17H2,1-2H3,(H,18,21)(H,23,24)/t9-,10?,11-,14+/m0/s1. The van der Waals surface area contributed by atoms with Gasteiger partial charge >= 0.3 is 5.97 Å². The van der Waals surface area contributed by atoms with Crippen molar-refractivity contribution in [3.8, 4) is 5.75 Å². The Bertz CT molecular complexity index is 736. The van der Waals surface area contributed by atoms with Crippen LogP contribution in [0.1, 0.15) is 25.5 Å². The SMILES string of the molecule is CC1(C)S[C@@H]2C(NC(=O)[C@@H](N)c3ccc(O)cc3)C(=O)N2[C@H]1C(=O)O. The quantitative estimate of drug-likeness (QED) is 0.553. The van der Waals surface area contributed by atoms with Crippen molar-refractivity contribution in [2.75, 3.05) is 0 Å². The van der Waals surface area contributed by atoms with E-state index in [2.05, 4.69) is 5.32 Å². The molecule has 9 heteroatoms. The third-order valence-corrected chi connectivity index (χ3v) is 6.08. The number of thioether (sulfide) groups is 1. The number of carboxylic acids is 1. The average molecular weight is 365 g/mol. The molecular formula is C16H19N3O5S. The number of fused-ring (bicyclic) bond motifs is 1. The van der Waals surface area contributed by atoms with Gasteiger partial charge in [-0.15, -0.1) is 11.8 Å². The first-order chi connectivity index (χ1) is 11.6. The predicted octanol–water partition coefficient (Wildman–Crippen LogP) is 0.0237. The maximum atomic E-state index is 12.3. The smallest absolute Gasteiger partial charge is 0.327 e. The molecule has 0 radical (unpaired) electrons. The van der Waals surface area contributed by atoms with Gasteiger partial charge < -0.3 is 26.2 Å². The summed E-state index contributed by atoms with van der Waals surface area (Å²) < 4.78 is -0.648. The van der Waals surface area contributed by atoms with Crippen molar-refractivity contribution >= 4 is 29.5 Å². The van der Waals surface area contributed by atoms with Crippen molar-refractivity contribution in [3.05, 3.63) is 29.8 Å². The Kier molecular flexibility index (Phi) is 4.16. The molecule has 2 aliphatic rings. The maximum absolute atomic E-state index is 12.3. The predicted molar refractivity (Wildman–Crippen MR) is 90.7 cm³/mol. The topological polar surface area (TPSA) is 133 Å². The molecule has 0 saturated carbocycles. The fraction of sp³-hybridized carbons (Fsp3) is 0.438. The summed E-state index contributed by atoms with van der Waals surface area (Å²) in [6, 6.07) is 3.21. The Morgan fingerprint density at radius 3 is 2.48 bits per heavy atom. The van der Waals surface area contributed by atoms with Crippen molar-refractivity contribution in [2.24, 2.45) is 5.73 Å². The third-order valence-electron chi connectivity index (χ3n) is 4.51. The van der Waals surface area contributed by atoms with Gasteiger partial charge in [-0.3, -0.25) is 9.59 Å². The summed E-state index contributed by atoms with van der Waals surface area (Å²) >= 11 is 1.35. The van der Waals surface area contributed by atoms with Gasteiger partial charge in [-0.2, -0.15) is 0 Å². The van der Waals surface area contributed by atoms with Crippen molar-refractivity contribution in [3.63, 3.8) is 0 Å². The summed E-state index contributed by atoms with van der Waals surface area (Å²) in [5.74, 6) is -1.94. The van der Waals surface area contributed by atoms with Gasteiger partial charge in [-0.05, 0) is 31.5 Å². The largest absolute Gasteiger partial charge is 0.508 e. The number of amides is 2. The molecule has 2 amide bonds. The van der Waals surface area contributed by atoms with Crippen LogP contribution in [-0.4, -0.2) is 55.1 Å². The summed E-state index contributed by atoms with van der Waals surface area (Å²) in [6.45, 7) is 3.53. The number of carboxylic acid groups (broad SMARTS) is 1. The highest BCUT2D eigenvalue weighted by Crippen LogP contribution is 2.50. The van der Waals surface area contributed by atoms with Gasteiger partial charge in [0.25, 0.3) is 0 Å². The lowest BCUT2D eigenvalue weighted by Crippen LogP contribution is -2.71. The molecule has 3 rings (SSSR count). The van der Waals surface area contributed by atoms with E-state index in [4.69, 9.17) is 5.73 Å². The van der Waals surface area contributed by atoms with E-state index in [1.165, 1.54) is 40.9 Å². The lowest BCUT2D eigenvalue weighted by atomic mass is 9.95. The van der Waals surface area contributed by atoms with Gasteiger partial charge in [-0.1, -0.05) is 12.1 Å². The monoisotopic (exact) mass is 365 g/mol. The van der Waals surface area contributed by atoms with Crippen molar-refractivity contribution in [1.82, 2.24) is 10.2 Å². The Hall–Kier alpha value is -2.26. The lowest BCUT2D eigenvalue weighted by molar-refractivity contribution is -0.161. The van der Waals surface area contributed by atoms with Crippen LogP contribution in [0.15, 0.2) is 24.3 Å². The van der Waals surface area contributed by atoms with E-state index in [1.807, 2.05) is 0 Å². The van der Waals surface area contributed by atoms with Gasteiger partial charge in [0.15, 0.2) is 0 Å². The zero-order valence-corrected chi connectivity index (χ0v) is 14.5. The Morgan fingerprint density at radius 1 is 1.32 bits per heavy atom. The third kappa shape index (κ3) is 2.83. The fourth-order valence-electron chi connectivity index (χ4n) is 3.22. The number of hydrogen-bond acceptors (Lipinski definition) is 6. The first-order valence-electron chi connectivity index (χ1n) is 7.71. The highest BCUT2D eigenvalue weighted by molar-refractivity contribution is 8.01. The molecule has 8 nitrogen and oxygen atoms in total. The number of aliphatic carboxylic acids is 1. The van der Waals surface area contributed by atoms with Gasteiger partial charge in [0.05, 0.1) is 0 Å². The number of carbonyl (C=O) groups excluding carboxylic acids is 2. The van der Waals surface area contributed by atoms with Crippen molar-refractivity contribution in [1.29, 1.82) is 0 Å². The summed E-state index contributed by atoms with van der Waals surface area (Å²) in [4.78, 5) is 37.5. The second kappa shape index (κ2) is 5.92. The number of β-lactam (4-membered cyclic amide) rings is 1. The van der Waals surface area contributed by atoms with Crippen LogP contribution in [0.4, 0.5) is 0 Å². The summed E-state index contributed by atoms with van der Waals surface area (Å²) in [7, 11) is 0. The number of rotatable bonds is 4. The molecule has 4 atom stereocenters. The highest BCUT2D eigenvalue weighted by atomic mass is 32.2. The van der Waals surface area contributed by atoms with E-state index in [0.29, 0.717) is 5.56 Å². The highest BCUT2D eigenvalue weighted by Gasteiger charge is 2.64. The van der Waals surface area contributed by atoms with Crippen LogP contribution in [0.3, 0.4) is 0 Å². The van der Waals surface area contributed by atoms with Crippen LogP contribution in [0, 0.1) is 0 Å². The van der Waals surface area contributed by atoms with Crippen LogP contribution in [0.2, 0.25) is 0 Å². The number of phenolic OH excluding ortho intramolecular Hbond substituents is 1. The number of aromatic hydroxyl groups is 1. The zero-order chi connectivity index (χ0) is 18.5. The Balaban J connectivity index is 1.70. The second-order valence-corrected chi connectivity index (χ2v) is 8.42. The molecule has 2 aliphatic heterocycles. The summed E-state index contributed by atoms with van der Waals surface area (Å²) in [6.07, 6.45) is 0. The number of phenols is 1. The minimum atomic E-state index is -1.06. The molecule has 5 N–H and O–H groups in total. The maximum Gasteiger partial charge on any atom is 0.327 e. The molecule has 1 unspecified atom stereocenters. The van der Waals surface area contributed by atoms with Gasteiger partial charge in [0.1, 0.15) is 29.2 Å². The van der Waals surface area contributed by atoms with E-state index in [9.17, 15) is 24.6 Å². The number of nitrogens with two attached hydrogens (primary N) is 1. The molecule has 2 saturated heterocycles. The normalized spacial score (nSPS) is 28.0. The van der Waals surface area contributed by atoms with E-state index in [0.717, 1.165) is 0 Å². The molecular weight excluding hydrogens is 346 g/mol. The van der Waals surface area contributed by atoms with Crippen LogP contribution in [-0.2, 0) is 14.4 Å². The first-order valence-corrected chi connectivity index (χ1v) is 8.59. The van der Waals surface area contributed by atoms with E-state index >= 15 is 0 Å². The zero-order valence-electron chi connectivity index (χ0n) is 13.7. The number of nitrogens with one attached hydrogen (secondary N) is 1. The number of benzene rings is 1. The first kappa shape index (κ1) is 17.6. The Labute approximate surface area is 148 Å². The number of nitrogens with zero attached hydrogens (tertiary/aromatic N) is 1. The van der Waals surface area contributed by atoms with Gasteiger partial charge in [0, 0.05) is 4.75 Å². The molecule has 1 aromatic rings. The van der Waals surface area contributed by atoms with Crippen LogP contribution in [0.25, 0.3) is 0 Å². The van der Waals surface area contributed by atoms with Crippen molar-refractivity contribution in [2.45, 2.75) is 42.1 Å². The Morgan fingerprint density at radius 2 is 1.92 bits per heavy atom. The molecule has 0 bridgehead atoms. The van der Waals surface area contributed by atoms with E-state index in [1.54, 1.807) is 13.8 Å². The molecule has 0 spiro atoms. The molecule has 1 aromatic carbocycles. The molecule has 2 heterocycles. The van der Waals surface area contributed by atoms with Crippen LogP contribution >= 0.6 is 11.8 Å². The van der Waals surface area contributed by atoms with E-state index in [-0.39, 0.29) is 5.75 Å². The molecule has 0 aliphatic carbocycles. The molecule has 0 aromatic heterocycles. The minimum Gasteiger partial charge on any atom is -0.508 e. The van der Waals surface area contributed by atoms with Crippen molar-refractivity contribution < 1.29 is 24.6 Å². The number of carbonyl (C=O) groups is 3. The van der Waals surface area contributed by atoms with Crippen LogP contribution in [0.5, 0.6) is 5.75 Å². The molecule has 25 heavy (non-hydrogen) atoms.